The Bertz CT molecular complexity index is 613. The van der Waals surface area contributed by atoms with Crippen molar-refractivity contribution < 1.29 is 15.0 Å². The van der Waals surface area contributed by atoms with Gasteiger partial charge in [-0.15, -0.1) is 0 Å². The third-order valence-electron chi connectivity index (χ3n) is 8.49. The number of nitroso groups, excluding NO2 is 1. The lowest BCUT2D eigenvalue weighted by atomic mass is 9.97. The predicted molar refractivity (Wildman–Crippen MR) is 180 cm³/mol. The monoisotopic (exact) mass is 595 g/mol. The highest BCUT2D eigenvalue weighted by molar-refractivity contribution is 5.76. The van der Waals surface area contributed by atoms with E-state index in [1.165, 1.54) is 116 Å². The largest absolute Gasteiger partial charge is 0.394 e. The summed E-state index contributed by atoms with van der Waals surface area (Å²) in [6.45, 7) is 4.11. The van der Waals surface area contributed by atoms with Crippen molar-refractivity contribution in [1.29, 1.82) is 0 Å². The molecule has 6 nitrogen and oxygen atoms in total. The van der Waals surface area contributed by atoms with E-state index in [4.69, 9.17) is 0 Å². The average molecular weight is 595 g/mol. The lowest BCUT2D eigenvalue weighted by Crippen LogP contribution is -2.49. The molecule has 0 saturated carbocycles. The van der Waals surface area contributed by atoms with Gasteiger partial charge in [0.15, 0.2) is 0 Å². The van der Waals surface area contributed by atoms with E-state index in [1.54, 1.807) is 0 Å². The van der Waals surface area contributed by atoms with Crippen LogP contribution in [0.4, 0.5) is 0 Å². The Labute approximate surface area is 260 Å². The molecule has 6 heteroatoms. The molecule has 0 rings (SSSR count). The molecule has 0 radical (unpaired) electrons. The number of unbranched alkanes of at least 4 members (excludes halogenated alkanes) is 22. The standard InChI is InChI=1S/C36H70N2O4/c1-3-5-7-9-11-13-15-17-18-19-21-23-25-27-29-31-35(41)37-33(32-39)36(38-42)34(40)30-28-26-24-22-20-16-14-12-10-8-6-4-2/h17-18,33-34,36,39-40H,3-16,19-32H2,1-2H3,(H,37,41)/b18-17+. The third kappa shape index (κ3) is 26.4. The second-order valence-electron chi connectivity index (χ2n) is 12.5. The maximum absolute atomic E-state index is 12.4. The van der Waals surface area contributed by atoms with E-state index in [0.717, 1.165) is 44.9 Å². The van der Waals surface area contributed by atoms with Crippen molar-refractivity contribution in [2.45, 2.75) is 205 Å². The number of aliphatic hydroxyl groups is 2. The predicted octanol–water partition coefficient (Wildman–Crippen LogP) is 10.1. The topological polar surface area (TPSA) is 99.0 Å². The quantitative estimate of drug-likeness (QED) is 0.0400. The molecule has 0 heterocycles. The van der Waals surface area contributed by atoms with Crippen LogP contribution in [0.25, 0.3) is 0 Å². The van der Waals surface area contributed by atoms with Gasteiger partial charge in [-0.25, -0.2) is 0 Å². The molecular weight excluding hydrogens is 524 g/mol. The lowest BCUT2D eigenvalue weighted by molar-refractivity contribution is -0.122. The van der Waals surface area contributed by atoms with Crippen molar-refractivity contribution in [2.24, 2.45) is 5.18 Å². The SMILES string of the molecule is CCCCCCCC/C=C/CCCCCCCC(=O)NC(CO)C(N=O)C(O)CCCCCCCCCCCCCC. The van der Waals surface area contributed by atoms with Gasteiger partial charge in [-0.2, -0.15) is 4.91 Å². The molecule has 0 spiro atoms. The normalized spacial score (nSPS) is 13.8. The summed E-state index contributed by atoms with van der Waals surface area (Å²) in [5, 5.41) is 26.1. The van der Waals surface area contributed by atoms with E-state index in [-0.39, 0.29) is 5.91 Å². The van der Waals surface area contributed by atoms with Crippen LogP contribution in [0.15, 0.2) is 17.3 Å². The lowest BCUT2D eigenvalue weighted by Gasteiger charge is -2.25. The number of hydrogen-bond acceptors (Lipinski definition) is 5. The maximum Gasteiger partial charge on any atom is 0.220 e. The van der Waals surface area contributed by atoms with Gasteiger partial charge in [0.2, 0.25) is 5.91 Å². The van der Waals surface area contributed by atoms with Gasteiger partial charge in [0.25, 0.3) is 0 Å². The first kappa shape index (κ1) is 40.7. The van der Waals surface area contributed by atoms with Gasteiger partial charge >= 0.3 is 0 Å². The summed E-state index contributed by atoms with van der Waals surface area (Å²) in [5.74, 6) is -0.183. The summed E-state index contributed by atoms with van der Waals surface area (Å²) < 4.78 is 0. The molecular formula is C36H70N2O4. The Morgan fingerprint density at radius 3 is 1.48 bits per heavy atom. The first-order chi connectivity index (χ1) is 20.6. The van der Waals surface area contributed by atoms with E-state index < -0.39 is 24.8 Å². The molecule has 0 fully saturated rings. The van der Waals surface area contributed by atoms with Gasteiger partial charge in [0.1, 0.15) is 6.04 Å². The number of carbonyl (C=O) groups excluding carboxylic acids is 1. The summed E-state index contributed by atoms with van der Waals surface area (Å²) in [6, 6.07) is -1.84. The van der Waals surface area contributed by atoms with E-state index in [9.17, 15) is 19.9 Å². The molecule has 3 N–H and O–H groups in total. The van der Waals surface area contributed by atoms with Crippen molar-refractivity contribution in [2.75, 3.05) is 6.61 Å². The molecule has 0 aliphatic carbocycles. The van der Waals surface area contributed by atoms with Gasteiger partial charge < -0.3 is 15.5 Å². The fraction of sp³-hybridized carbons (Fsp3) is 0.917. The minimum Gasteiger partial charge on any atom is -0.394 e. The Kier molecular flexibility index (Phi) is 31.7. The number of amides is 1. The Balaban J connectivity index is 3.84. The molecule has 0 aromatic rings. The molecule has 42 heavy (non-hydrogen) atoms. The minimum absolute atomic E-state index is 0.183. The molecule has 0 aliphatic rings. The number of rotatable bonds is 33. The highest BCUT2D eigenvalue weighted by Gasteiger charge is 2.30. The number of aliphatic hydroxyl groups excluding tert-OH is 2. The molecule has 0 aliphatic heterocycles. The van der Waals surface area contributed by atoms with Crippen LogP contribution in [0, 0.1) is 4.91 Å². The minimum atomic E-state index is -1.01. The van der Waals surface area contributed by atoms with Gasteiger partial charge in [0.05, 0.1) is 18.8 Å². The fourth-order valence-electron chi connectivity index (χ4n) is 5.65. The second-order valence-corrected chi connectivity index (χ2v) is 12.5. The highest BCUT2D eigenvalue weighted by Crippen LogP contribution is 2.16. The maximum atomic E-state index is 12.4. The summed E-state index contributed by atoms with van der Waals surface area (Å²) in [6.07, 6.45) is 35.1. The number of hydrogen-bond donors (Lipinski definition) is 3. The number of nitrogens with zero attached hydrogens (tertiary/aromatic N) is 1. The molecule has 0 aromatic carbocycles. The van der Waals surface area contributed by atoms with Gasteiger partial charge in [0, 0.05) is 6.42 Å². The first-order valence-corrected chi connectivity index (χ1v) is 18.2. The molecule has 0 saturated heterocycles. The van der Waals surface area contributed by atoms with Crippen LogP contribution in [0.5, 0.6) is 0 Å². The van der Waals surface area contributed by atoms with Crippen molar-refractivity contribution in [3.63, 3.8) is 0 Å². The van der Waals surface area contributed by atoms with E-state index in [0.29, 0.717) is 12.8 Å². The van der Waals surface area contributed by atoms with Crippen LogP contribution < -0.4 is 5.32 Å². The zero-order valence-corrected chi connectivity index (χ0v) is 27.8. The van der Waals surface area contributed by atoms with Gasteiger partial charge in [-0.1, -0.05) is 160 Å². The molecule has 3 atom stereocenters. The summed E-state index contributed by atoms with van der Waals surface area (Å²) >= 11 is 0. The summed E-state index contributed by atoms with van der Waals surface area (Å²) in [7, 11) is 0. The van der Waals surface area contributed by atoms with Crippen LogP contribution in [-0.2, 0) is 4.79 Å². The van der Waals surface area contributed by atoms with E-state index in [1.807, 2.05) is 0 Å². The molecule has 248 valence electrons. The molecule has 3 unspecified atom stereocenters. The Morgan fingerprint density at radius 1 is 0.643 bits per heavy atom. The molecule has 0 bridgehead atoms. The third-order valence-corrected chi connectivity index (χ3v) is 8.49. The second kappa shape index (κ2) is 32.6. The molecule has 1 amide bonds. The molecule has 0 aromatic heterocycles. The van der Waals surface area contributed by atoms with Crippen LogP contribution in [-0.4, -0.2) is 40.9 Å². The zero-order valence-electron chi connectivity index (χ0n) is 27.8. The van der Waals surface area contributed by atoms with Crippen molar-refractivity contribution in [1.82, 2.24) is 5.32 Å². The van der Waals surface area contributed by atoms with Gasteiger partial charge in [-0.3, -0.25) is 4.79 Å². The van der Waals surface area contributed by atoms with Crippen LogP contribution in [0.2, 0.25) is 0 Å². The van der Waals surface area contributed by atoms with E-state index in [2.05, 4.69) is 36.5 Å². The number of carbonyl (C=O) groups is 1. The summed E-state index contributed by atoms with van der Waals surface area (Å²) in [4.78, 5) is 23.9. The van der Waals surface area contributed by atoms with Crippen LogP contribution in [0.1, 0.15) is 187 Å². The smallest absolute Gasteiger partial charge is 0.220 e. The zero-order chi connectivity index (χ0) is 30.9. The number of nitrogens with one attached hydrogen (secondary N) is 1. The van der Waals surface area contributed by atoms with Crippen molar-refractivity contribution >= 4 is 5.91 Å². The fourth-order valence-corrected chi connectivity index (χ4v) is 5.65. The van der Waals surface area contributed by atoms with E-state index >= 15 is 0 Å². The number of allylic oxidation sites excluding steroid dienone is 2. The van der Waals surface area contributed by atoms with Crippen molar-refractivity contribution in [3.05, 3.63) is 17.1 Å². The van der Waals surface area contributed by atoms with Crippen LogP contribution in [0.3, 0.4) is 0 Å². The first-order valence-electron chi connectivity index (χ1n) is 18.2. The Morgan fingerprint density at radius 2 is 1.05 bits per heavy atom. The summed E-state index contributed by atoms with van der Waals surface area (Å²) in [5.41, 5.74) is 0. The van der Waals surface area contributed by atoms with Gasteiger partial charge in [-0.05, 0) is 38.5 Å². The Hall–Kier alpha value is -1.27. The van der Waals surface area contributed by atoms with Crippen molar-refractivity contribution in [3.8, 4) is 0 Å². The highest BCUT2D eigenvalue weighted by atomic mass is 16.3. The average Bonchev–Trinajstić information content (AvgIpc) is 2.99. The van der Waals surface area contributed by atoms with Crippen LogP contribution >= 0.6 is 0 Å².